The normalized spacial score (nSPS) is 13.8. The van der Waals surface area contributed by atoms with Gasteiger partial charge in [0.1, 0.15) is 5.75 Å². The first-order valence-electron chi connectivity index (χ1n) is 9.30. The molecule has 0 saturated heterocycles. The first-order chi connectivity index (χ1) is 13.2. The topological polar surface area (TPSA) is 84.5 Å². The standard InChI is InChI=1S/C21H28N2O4S/c1-15(2)14-22-21(24)17(4)27-19-10-12-20(13-11-19)28(25,26)23-16(3)18-8-6-5-7-9-18/h5-13,15-17,23H,14H2,1-4H3,(H,22,24)/t16-,17+/m0/s1. The molecule has 7 heteroatoms. The van der Waals surface area contributed by atoms with Crippen LogP contribution < -0.4 is 14.8 Å². The van der Waals surface area contributed by atoms with Crippen LogP contribution in [-0.2, 0) is 14.8 Å². The molecule has 1 amide bonds. The Bertz CT molecular complexity index is 865. The largest absolute Gasteiger partial charge is 0.481 e. The van der Waals surface area contributed by atoms with E-state index in [1.807, 2.05) is 44.2 Å². The van der Waals surface area contributed by atoms with Crippen LogP contribution in [0.5, 0.6) is 5.75 Å². The Morgan fingerprint density at radius 1 is 0.964 bits per heavy atom. The van der Waals surface area contributed by atoms with E-state index >= 15 is 0 Å². The second-order valence-electron chi connectivity index (χ2n) is 7.12. The van der Waals surface area contributed by atoms with Gasteiger partial charge in [0, 0.05) is 12.6 Å². The molecule has 28 heavy (non-hydrogen) atoms. The van der Waals surface area contributed by atoms with Gasteiger partial charge in [0.15, 0.2) is 6.10 Å². The first-order valence-corrected chi connectivity index (χ1v) is 10.8. The van der Waals surface area contributed by atoms with Crippen molar-refractivity contribution < 1.29 is 17.9 Å². The number of hydrogen-bond acceptors (Lipinski definition) is 4. The second-order valence-corrected chi connectivity index (χ2v) is 8.84. The van der Waals surface area contributed by atoms with Crippen molar-refractivity contribution in [2.24, 2.45) is 5.92 Å². The van der Waals surface area contributed by atoms with Crippen LogP contribution in [0.15, 0.2) is 59.5 Å². The molecule has 0 fully saturated rings. The van der Waals surface area contributed by atoms with Crippen molar-refractivity contribution in [2.75, 3.05) is 6.54 Å². The number of hydrogen-bond donors (Lipinski definition) is 2. The summed E-state index contributed by atoms with van der Waals surface area (Å²) in [6.45, 7) is 8.05. The monoisotopic (exact) mass is 404 g/mol. The van der Waals surface area contributed by atoms with E-state index in [9.17, 15) is 13.2 Å². The van der Waals surface area contributed by atoms with Gasteiger partial charge in [0.05, 0.1) is 4.90 Å². The van der Waals surface area contributed by atoms with Crippen molar-refractivity contribution in [2.45, 2.75) is 44.7 Å². The summed E-state index contributed by atoms with van der Waals surface area (Å²) in [6, 6.07) is 15.0. The quantitative estimate of drug-likeness (QED) is 0.672. The molecular weight excluding hydrogens is 376 g/mol. The predicted molar refractivity (Wildman–Crippen MR) is 110 cm³/mol. The van der Waals surface area contributed by atoms with Crippen LogP contribution in [0.3, 0.4) is 0 Å². The lowest BCUT2D eigenvalue weighted by atomic mass is 10.1. The average Bonchev–Trinajstić information content (AvgIpc) is 2.66. The zero-order valence-electron chi connectivity index (χ0n) is 16.7. The number of rotatable bonds is 9. The molecule has 0 bridgehead atoms. The lowest BCUT2D eigenvalue weighted by Crippen LogP contribution is -2.38. The van der Waals surface area contributed by atoms with Gasteiger partial charge in [-0.05, 0) is 49.6 Å². The minimum absolute atomic E-state index is 0.138. The van der Waals surface area contributed by atoms with Crippen molar-refractivity contribution >= 4 is 15.9 Å². The van der Waals surface area contributed by atoms with Gasteiger partial charge < -0.3 is 10.1 Å². The van der Waals surface area contributed by atoms with E-state index in [1.165, 1.54) is 12.1 Å². The van der Waals surface area contributed by atoms with Crippen LogP contribution in [0.1, 0.15) is 39.3 Å². The van der Waals surface area contributed by atoms with E-state index in [-0.39, 0.29) is 16.8 Å². The minimum Gasteiger partial charge on any atom is -0.481 e. The van der Waals surface area contributed by atoms with E-state index in [4.69, 9.17) is 4.74 Å². The Morgan fingerprint density at radius 3 is 2.14 bits per heavy atom. The highest BCUT2D eigenvalue weighted by atomic mass is 32.2. The zero-order chi connectivity index (χ0) is 20.7. The molecule has 152 valence electrons. The Balaban J connectivity index is 2.00. The number of sulfonamides is 1. The van der Waals surface area contributed by atoms with Crippen LogP contribution in [0.4, 0.5) is 0 Å². The van der Waals surface area contributed by atoms with Crippen molar-refractivity contribution in [1.29, 1.82) is 0 Å². The van der Waals surface area contributed by atoms with Gasteiger partial charge >= 0.3 is 0 Å². The molecule has 2 aromatic rings. The summed E-state index contributed by atoms with van der Waals surface area (Å²) in [5.74, 6) is 0.581. The summed E-state index contributed by atoms with van der Waals surface area (Å²) < 4.78 is 33.4. The minimum atomic E-state index is -3.67. The SMILES string of the molecule is CC(C)CNC(=O)[C@@H](C)Oc1ccc(S(=O)(=O)N[C@@H](C)c2ccccc2)cc1. The number of ether oxygens (including phenoxy) is 1. The molecule has 0 saturated carbocycles. The number of amides is 1. The summed E-state index contributed by atoms with van der Waals surface area (Å²) in [7, 11) is -3.67. The lowest BCUT2D eigenvalue weighted by molar-refractivity contribution is -0.127. The molecule has 2 N–H and O–H groups in total. The van der Waals surface area contributed by atoms with Gasteiger partial charge in [-0.25, -0.2) is 13.1 Å². The molecule has 2 aromatic carbocycles. The molecule has 6 nitrogen and oxygen atoms in total. The van der Waals surface area contributed by atoms with Gasteiger partial charge in [-0.15, -0.1) is 0 Å². The van der Waals surface area contributed by atoms with E-state index in [0.29, 0.717) is 18.2 Å². The maximum Gasteiger partial charge on any atom is 0.260 e. The van der Waals surface area contributed by atoms with E-state index in [1.54, 1.807) is 26.0 Å². The third kappa shape index (κ3) is 6.35. The highest BCUT2D eigenvalue weighted by molar-refractivity contribution is 7.89. The van der Waals surface area contributed by atoms with Gasteiger partial charge in [-0.3, -0.25) is 4.79 Å². The highest BCUT2D eigenvalue weighted by Gasteiger charge is 2.19. The number of nitrogens with one attached hydrogen (secondary N) is 2. The molecular formula is C21H28N2O4S. The molecule has 2 atom stereocenters. The summed E-state index contributed by atoms with van der Waals surface area (Å²) >= 11 is 0. The van der Waals surface area contributed by atoms with Crippen molar-refractivity contribution in [1.82, 2.24) is 10.0 Å². The fourth-order valence-electron chi connectivity index (χ4n) is 2.51. The molecule has 0 heterocycles. The van der Waals surface area contributed by atoms with Crippen LogP contribution in [0.25, 0.3) is 0 Å². The Labute approximate surface area is 167 Å². The summed E-state index contributed by atoms with van der Waals surface area (Å²) in [5.41, 5.74) is 0.882. The van der Waals surface area contributed by atoms with Crippen molar-refractivity contribution in [3.05, 3.63) is 60.2 Å². The van der Waals surface area contributed by atoms with E-state index < -0.39 is 16.1 Å². The third-order valence-electron chi connectivity index (χ3n) is 4.13. The van der Waals surface area contributed by atoms with Crippen LogP contribution in [-0.4, -0.2) is 27.0 Å². The summed E-state index contributed by atoms with van der Waals surface area (Å²) in [6.07, 6.45) is -0.669. The van der Waals surface area contributed by atoms with Crippen LogP contribution in [0, 0.1) is 5.92 Å². The van der Waals surface area contributed by atoms with Crippen molar-refractivity contribution in [3.8, 4) is 5.75 Å². The van der Waals surface area contributed by atoms with Crippen LogP contribution in [0.2, 0.25) is 0 Å². The second kappa shape index (κ2) is 9.71. The molecule has 0 radical (unpaired) electrons. The fraction of sp³-hybridized carbons (Fsp3) is 0.381. The van der Waals surface area contributed by atoms with Gasteiger partial charge in [0.25, 0.3) is 5.91 Å². The van der Waals surface area contributed by atoms with Gasteiger partial charge in [0.2, 0.25) is 10.0 Å². The fourth-order valence-corrected chi connectivity index (χ4v) is 3.75. The van der Waals surface area contributed by atoms with Crippen molar-refractivity contribution in [3.63, 3.8) is 0 Å². The Kier molecular flexibility index (Phi) is 7.60. The number of benzene rings is 2. The molecule has 0 aliphatic rings. The molecule has 0 unspecified atom stereocenters. The lowest BCUT2D eigenvalue weighted by Gasteiger charge is -2.17. The maximum atomic E-state index is 12.6. The number of carbonyl (C=O) groups is 1. The van der Waals surface area contributed by atoms with Gasteiger partial charge in [-0.1, -0.05) is 44.2 Å². The molecule has 0 aromatic heterocycles. The maximum absolute atomic E-state index is 12.6. The van der Waals surface area contributed by atoms with Gasteiger partial charge in [-0.2, -0.15) is 0 Å². The Hall–Kier alpha value is -2.38. The average molecular weight is 405 g/mol. The Morgan fingerprint density at radius 2 is 1.57 bits per heavy atom. The first kappa shape index (κ1) is 21.9. The van der Waals surface area contributed by atoms with Crippen LogP contribution >= 0.6 is 0 Å². The molecule has 0 aliphatic carbocycles. The third-order valence-corrected chi connectivity index (χ3v) is 5.69. The molecule has 0 aliphatic heterocycles. The molecule has 2 rings (SSSR count). The van der Waals surface area contributed by atoms with E-state index in [0.717, 1.165) is 5.56 Å². The summed E-state index contributed by atoms with van der Waals surface area (Å²) in [5, 5.41) is 2.81. The molecule has 0 spiro atoms. The summed E-state index contributed by atoms with van der Waals surface area (Å²) in [4.78, 5) is 12.1. The zero-order valence-corrected chi connectivity index (χ0v) is 17.5. The predicted octanol–water partition coefficient (Wildman–Crippen LogP) is 3.27. The van der Waals surface area contributed by atoms with E-state index in [2.05, 4.69) is 10.0 Å². The number of carbonyl (C=O) groups excluding carboxylic acids is 1. The smallest absolute Gasteiger partial charge is 0.260 e. The highest BCUT2D eigenvalue weighted by Crippen LogP contribution is 2.20.